The molecule has 1 aliphatic rings. The average Bonchev–Trinajstić information content (AvgIpc) is 3.07. The summed E-state index contributed by atoms with van der Waals surface area (Å²) in [7, 11) is 1.97. The van der Waals surface area contributed by atoms with Crippen molar-refractivity contribution in [3.05, 3.63) is 53.9 Å². The predicted molar refractivity (Wildman–Crippen MR) is 114 cm³/mol. The van der Waals surface area contributed by atoms with Crippen molar-refractivity contribution in [3.8, 4) is 5.75 Å². The number of aryl methyl sites for hydroxylation is 1. The zero-order chi connectivity index (χ0) is 20.4. The van der Waals surface area contributed by atoms with Gasteiger partial charge in [-0.15, -0.1) is 0 Å². The maximum absolute atomic E-state index is 13.0. The minimum atomic E-state index is -0.229. The van der Waals surface area contributed by atoms with Crippen molar-refractivity contribution in [2.75, 3.05) is 23.9 Å². The number of amides is 2. The molecule has 1 aromatic heterocycles. The molecule has 2 aromatic carbocycles. The summed E-state index contributed by atoms with van der Waals surface area (Å²) in [6.07, 6.45) is 2.80. The molecule has 1 unspecified atom stereocenters. The van der Waals surface area contributed by atoms with Gasteiger partial charge in [0.05, 0.1) is 22.8 Å². The highest BCUT2D eigenvalue weighted by molar-refractivity contribution is 7.98. The number of carbonyl (C=O) groups excluding carboxylic acids is 2. The van der Waals surface area contributed by atoms with Crippen LogP contribution in [-0.2, 0) is 11.8 Å². The van der Waals surface area contributed by atoms with Gasteiger partial charge in [0.25, 0.3) is 11.8 Å². The quantitative estimate of drug-likeness (QED) is 0.652. The Morgan fingerprint density at radius 3 is 2.97 bits per heavy atom. The molecule has 0 aliphatic carbocycles. The number of ether oxygens (including phenoxy) is 1. The standard InChI is InChI=1S/C21H22N4O3S/c1-25-17-6-4-3-5-14(17)23-20(25)15(9-10-29-2)24-21(27)13-7-8-18-16(11-13)22-19(26)12-28-18/h3-8,11,15H,9-10,12H2,1-2H3,(H,22,26)(H,24,27). The molecule has 0 bridgehead atoms. The highest BCUT2D eigenvalue weighted by atomic mass is 32.2. The van der Waals surface area contributed by atoms with Gasteiger partial charge in [-0.3, -0.25) is 9.59 Å². The van der Waals surface area contributed by atoms with Crippen LogP contribution in [0.3, 0.4) is 0 Å². The minimum absolute atomic E-state index is 0.0119. The van der Waals surface area contributed by atoms with Crippen LogP contribution < -0.4 is 15.4 Å². The van der Waals surface area contributed by atoms with Gasteiger partial charge in [0.15, 0.2) is 6.61 Å². The third-order valence-electron chi connectivity index (χ3n) is 4.92. The maximum Gasteiger partial charge on any atom is 0.262 e. The zero-order valence-corrected chi connectivity index (χ0v) is 17.1. The Balaban J connectivity index is 1.61. The number of nitrogens with zero attached hydrogens (tertiary/aromatic N) is 2. The maximum atomic E-state index is 13.0. The number of anilines is 1. The van der Waals surface area contributed by atoms with Crippen molar-refractivity contribution in [2.24, 2.45) is 7.05 Å². The normalized spacial score (nSPS) is 14.1. The predicted octanol–water partition coefficient (Wildman–Crippen LogP) is 3.13. The number of benzene rings is 2. The monoisotopic (exact) mass is 410 g/mol. The number of hydrogen-bond donors (Lipinski definition) is 2. The summed E-state index contributed by atoms with van der Waals surface area (Å²) in [5.41, 5.74) is 2.90. The fourth-order valence-electron chi connectivity index (χ4n) is 3.44. The Bertz CT molecular complexity index is 1080. The molecule has 7 nitrogen and oxygen atoms in total. The second-order valence-electron chi connectivity index (χ2n) is 6.87. The van der Waals surface area contributed by atoms with Crippen LogP contribution in [0.4, 0.5) is 5.69 Å². The lowest BCUT2D eigenvalue weighted by atomic mass is 10.1. The molecule has 0 radical (unpaired) electrons. The summed E-state index contributed by atoms with van der Waals surface area (Å²) in [4.78, 5) is 29.3. The van der Waals surface area contributed by atoms with Crippen LogP contribution in [0.15, 0.2) is 42.5 Å². The fraction of sp³-hybridized carbons (Fsp3) is 0.286. The van der Waals surface area contributed by atoms with Crippen LogP contribution in [0.5, 0.6) is 5.75 Å². The first-order valence-corrected chi connectivity index (χ1v) is 10.7. The van der Waals surface area contributed by atoms with E-state index >= 15 is 0 Å². The molecular formula is C21H22N4O3S. The molecule has 4 rings (SSSR count). The minimum Gasteiger partial charge on any atom is -0.482 e. The van der Waals surface area contributed by atoms with E-state index in [1.165, 1.54) is 0 Å². The summed E-state index contributed by atoms with van der Waals surface area (Å²) in [5, 5.41) is 5.85. The van der Waals surface area contributed by atoms with Crippen molar-refractivity contribution in [1.29, 1.82) is 0 Å². The molecule has 29 heavy (non-hydrogen) atoms. The van der Waals surface area contributed by atoms with E-state index in [1.807, 2.05) is 42.1 Å². The highest BCUT2D eigenvalue weighted by Crippen LogP contribution is 2.29. The van der Waals surface area contributed by atoms with E-state index < -0.39 is 0 Å². The fourth-order valence-corrected chi connectivity index (χ4v) is 3.91. The van der Waals surface area contributed by atoms with Gasteiger partial charge in [0, 0.05) is 12.6 Å². The van der Waals surface area contributed by atoms with Gasteiger partial charge < -0.3 is 19.9 Å². The smallest absolute Gasteiger partial charge is 0.262 e. The number of imidazole rings is 1. The first kappa shape index (κ1) is 19.3. The summed E-state index contributed by atoms with van der Waals surface area (Å²) < 4.78 is 7.39. The number of aromatic nitrogens is 2. The van der Waals surface area contributed by atoms with Crippen LogP contribution in [0.1, 0.15) is 28.6 Å². The van der Waals surface area contributed by atoms with Crippen LogP contribution >= 0.6 is 11.8 Å². The van der Waals surface area contributed by atoms with E-state index in [0.29, 0.717) is 17.0 Å². The second-order valence-corrected chi connectivity index (χ2v) is 7.86. The van der Waals surface area contributed by atoms with Gasteiger partial charge >= 0.3 is 0 Å². The lowest BCUT2D eigenvalue weighted by molar-refractivity contribution is -0.118. The van der Waals surface area contributed by atoms with E-state index in [0.717, 1.165) is 29.0 Å². The number of hydrogen-bond acceptors (Lipinski definition) is 5. The molecule has 0 fully saturated rings. The number of fused-ring (bicyclic) bond motifs is 2. The van der Waals surface area contributed by atoms with Crippen molar-refractivity contribution in [2.45, 2.75) is 12.5 Å². The Morgan fingerprint density at radius 2 is 2.17 bits per heavy atom. The molecule has 0 saturated heterocycles. The SMILES string of the molecule is CSCCC(NC(=O)c1ccc2c(c1)NC(=O)CO2)c1nc2ccccc2n1C. The largest absolute Gasteiger partial charge is 0.482 e. The molecule has 2 amide bonds. The second kappa shape index (κ2) is 8.16. The number of rotatable bonds is 6. The highest BCUT2D eigenvalue weighted by Gasteiger charge is 2.23. The molecule has 2 heterocycles. The van der Waals surface area contributed by atoms with Gasteiger partial charge in [-0.1, -0.05) is 12.1 Å². The molecular weight excluding hydrogens is 388 g/mol. The van der Waals surface area contributed by atoms with Crippen molar-refractivity contribution >= 4 is 40.3 Å². The summed E-state index contributed by atoms with van der Waals surface area (Å²) in [6.45, 7) is -0.0119. The topological polar surface area (TPSA) is 85.2 Å². The van der Waals surface area contributed by atoms with Crippen molar-refractivity contribution in [1.82, 2.24) is 14.9 Å². The Kier molecular flexibility index (Phi) is 5.44. The first-order chi connectivity index (χ1) is 14.1. The van der Waals surface area contributed by atoms with E-state index in [2.05, 4.69) is 10.6 Å². The average molecular weight is 410 g/mol. The Morgan fingerprint density at radius 1 is 1.34 bits per heavy atom. The number of nitrogens with one attached hydrogen (secondary N) is 2. The summed E-state index contributed by atoms with van der Waals surface area (Å²) >= 11 is 1.73. The number of para-hydroxylation sites is 2. The number of thioether (sulfide) groups is 1. The van der Waals surface area contributed by atoms with Crippen molar-refractivity contribution in [3.63, 3.8) is 0 Å². The summed E-state index contributed by atoms with van der Waals surface area (Å²) in [5.74, 6) is 1.83. The Hall–Kier alpha value is -3.00. The van der Waals surface area contributed by atoms with Crippen LogP contribution in [0.25, 0.3) is 11.0 Å². The first-order valence-electron chi connectivity index (χ1n) is 9.34. The lowest BCUT2D eigenvalue weighted by Crippen LogP contribution is -2.31. The van der Waals surface area contributed by atoms with Gasteiger partial charge in [0.1, 0.15) is 11.6 Å². The molecule has 0 saturated carbocycles. The third kappa shape index (κ3) is 3.93. The lowest BCUT2D eigenvalue weighted by Gasteiger charge is -2.20. The van der Waals surface area contributed by atoms with Gasteiger partial charge in [-0.25, -0.2) is 4.98 Å². The molecule has 0 spiro atoms. The van der Waals surface area contributed by atoms with Crippen LogP contribution in [0.2, 0.25) is 0 Å². The molecule has 8 heteroatoms. The van der Waals surface area contributed by atoms with Crippen molar-refractivity contribution < 1.29 is 14.3 Å². The van der Waals surface area contributed by atoms with E-state index in [9.17, 15) is 9.59 Å². The van der Waals surface area contributed by atoms with Gasteiger partial charge in [0.2, 0.25) is 0 Å². The van der Waals surface area contributed by atoms with Gasteiger partial charge in [-0.05, 0) is 48.8 Å². The molecule has 1 atom stereocenters. The summed E-state index contributed by atoms with van der Waals surface area (Å²) in [6, 6.07) is 12.7. The molecule has 3 aromatic rings. The third-order valence-corrected chi connectivity index (χ3v) is 5.57. The zero-order valence-electron chi connectivity index (χ0n) is 16.3. The van der Waals surface area contributed by atoms with Gasteiger partial charge in [-0.2, -0.15) is 11.8 Å². The number of carbonyl (C=O) groups is 2. The van der Waals surface area contributed by atoms with E-state index in [-0.39, 0.29) is 24.5 Å². The Labute approximate surface area is 172 Å². The molecule has 150 valence electrons. The molecule has 1 aliphatic heterocycles. The van der Waals surface area contributed by atoms with E-state index in [4.69, 9.17) is 9.72 Å². The molecule has 2 N–H and O–H groups in total. The van der Waals surface area contributed by atoms with E-state index in [1.54, 1.807) is 30.0 Å². The van der Waals surface area contributed by atoms with Crippen LogP contribution in [-0.4, -0.2) is 40.0 Å². The van der Waals surface area contributed by atoms with Crippen LogP contribution in [0, 0.1) is 0 Å².